The number of hydrogen-bond acceptors (Lipinski definition) is 6. The van der Waals surface area contributed by atoms with E-state index >= 15 is 0 Å². The zero-order chi connectivity index (χ0) is 29.2. The average molecular weight is 588 g/mol. The second kappa shape index (κ2) is 16.0. The third-order valence-electron chi connectivity index (χ3n) is 7.16. The standard InChI is InChI=1S/C30H41N5O5.ClH/c1-18(2)14-25(27(32)37)34-30(40)26(16-19-6-4-3-5-7-19)35-28(38)21-10-11-22(17-21)33-29(39)24(31)15-20-8-12-23(36)13-9-20;/h3-9,12-13,18,21-22,24-26,36H,10-11,14-17,31H2,1-2H3,(H2,32,37)(H,33,39)(H,34,40)(H,35,38);1H/t21-,22-,24?,25?,26?;/m0./s1. The molecule has 0 heterocycles. The minimum atomic E-state index is -0.892. The summed E-state index contributed by atoms with van der Waals surface area (Å²) in [6.07, 6.45) is 2.57. The van der Waals surface area contributed by atoms with Crippen LogP contribution >= 0.6 is 12.4 Å². The van der Waals surface area contributed by atoms with Gasteiger partial charge in [0.15, 0.2) is 0 Å². The SMILES string of the molecule is CC(C)CC(NC(=O)C(Cc1ccccc1)NC(=O)[C@H]1CC[C@H](NC(=O)C(N)Cc2ccc(O)cc2)C1)C(N)=O.Cl. The first kappa shape index (κ1) is 33.6. The van der Waals surface area contributed by atoms with Crippen LogP contribution in [0, 0.1) is 11.8 Å². The summed E-state index contributed by atoms with van der Waals surface area (Å²) in [7, 11) is 0. The van der Waals surface area contributed by atoms with Crippen molar-refractivity contribution in [2.24, 2.45) is 23.3 Å². The predicted molar refractivity (Wildman–Crippen MR) is 159 cm³/mol. The number of nitrogens with one attached hydrogen (secondary N) is 3. The normalized spacial score (nSPS) is 18.4. The molecule has 1 aliphatic rings. The second-order valence-electron chi connectivity index (χ2n) is 11.0. The van der Waals surface area contributed by atoms with E-state index in [0.717, 1.165) is 11.1 Å². The van der Waals surface area contributed by atoms with Crippen molar-refractivity contribution < 1.29 is 24.3 Å². The van der Waals surface area contributed by atoms with Crippen LogP contribution in [0.4, 0.5) is 0 Å². The number of phenols is 1. The van der Waals surface area contributed by atoms with E-state index in [1.54, 1.807) is 24.3 Å². The molecule has 41 heavy (non-hydrogen) atoms. The summed E-state index contributed by atoms with van der Waals surface area (Å²) >= 11 is 0. The lowest BCUT2D eigenvalue weighted by molar-refractivity contribution is -0.132. The molecule has 1 saturated carbocycles. The van der Waals surface area contributed by atoms with Crippen LogP contribution in [0.25, 0.3) is 0 Å². The molecule has 224 valence electrons. The van der Waals surface area contributed by atoms with E-state index in [9.17, 15) is 24.3 Å². The fraction of sp³-hybridized carbons (Fsp3) is 0.467. The van der Waals surface area contributed by atoms with Crippen molar-refractivity contribution in [1.29, 1.82) is 0 Å². The number of primary amides is 1. The Hall–Kier alpha value is -3.63. The van der Waals surface area contributed by atoms with Gasteiger partial charge >= 0.3 is 0 Å². The zero-order valence-corrected chi connectivity index (χ0v) is 24.4. The maximum absolute atomic E-state index is 13.2. The van der Waals surface area contributed by atoms with Gasteiger partial charge < -0.3 is 32.5 Å². The number of phenolic OH excluding ortho intramolecular Hbond substituents is 1. The lowest BCUT2D eigenvalue weighted by atomic mass is 10.00. The maximum atomic E-state index is 13.2. The highest BCUT2D eigenvalue weighted by atomic mass is 35.5. The fourth-order valence-electron chi connectivity index (χ4n) is 4.98. The van der Waals surface area contributed by atoms with Gasteiger partial charge in [0.1, 0.15) is 17.8 Å². The highest BCUT2D eigenvalue weighted by molar-refractivity contribution is 5.92. The van der Waals surface area contributed by atoms with Gasteiger partial charge in [0.05, 0.1) is 6.04 Å². The van der Waals surface area contributed by atoms with Gasteiger partial charge in [-0.2, -0.15) is 0 Å². The summed E-state index contributed by atoms with van der Waals surface area (Å²) in [6, 6.07) is 13.1. The lowest BCUT2D eigenvalue weighted by Gasteiger charge is -2.24. The Morgan fingerprint density at radius 3 is 2.12 bits per heavy atom. The highest BCUT2D eigenvalue weighted by Crippen LogP contribution is 2.26. The predicted octanol–water partition coefficient (Wildman–Crippen LogP) is 1.71. The summed E-state index contributed by atoms with van der Waals surface area (Å²) in [6.45, 7) is 3.86. The molecule has 8 N–H and O–H groups in total. The van der Waals surface area contributed by atoms with Crippen molar-refractivity contribution in [2.75, 3.05) is 0 Å². The number of hydrogen-bond donors (Lipinski definition) is 6. The average Bonchev–Trinajstić information content (AvgIpc) is 3.38. The minimum Gasteiger partial charge on any atom is -0.508 e. The third-order valence-corrected chi connectivity index (χ3v) is 7.16. The Kier molecular flexibility index (Phi) is 13.1. The number of halogens is 1. The molecule has 2 aromatic rings. The van der Waals surface area contributed by atoms with Crippen LogP contribution < -0.4 is 27.4 Å². The van der Waals surface area contributed by atoms with Crippen LogP contribution in [0.2, 0.25) is 0 Å². The Balaban J connectivity index is 0.00000588. The molecule has 11 heteroatoms. The van der Waals surface area contributed by atoms with Gasteiger partial charge in [-0.3, -0.25) is 19.2 Å². The van der Waals surface area contributed by atoms with Crippen LogP contribution in [0.15, 0.2) is 54.6 Å². The van der Waals surface area contributed by atoms with E-state index in [1.807, 2.05) is 44.2 Å². The van der Waals surface area contributed by atoms with Gasteiger partial charge in [0.25, 0.3) is 0 Å². The molecule has 10 nitrogen and oxygen atoms in total. The molecule has 0 radical (unpaired) electrons. The van der Waals surface area contributed by atoms with Gasteiger partial charge in [-0.1, -0.05) is 56.3 Å². The molecule has 3 unspecified atom stereocenters. The Bertz CT molecular complexity index is 1160. The van der Waals surface area contributed by atoms with E-state index < -0.39 is 29.9 Å². The largest absolute Gasteiger partial charge is 0.508 e. The molecule has 0 aliphatic heterocycles. The van der Waals surface area contributed by atoms with Crippen LogP contribution in [-0.2, 0) is 32.0 Å². The molecule has 3 rings (SSSR count). The summed E-state index contributed by atoms with van der Waals surface area (Å²) in [5, 5.41) is 18.0. The number of amides is 4. The summed E-state index contributed by atoms with van der Waals surface area (Å²) < 4.78 is 0. The molecule has 0 saturated heterocycles. The number of benzene rings is 2. The van der Waals surface area contributed by atoms with Crippen molar-refractivity contribution in [3.8, 4) is 5.75 Å². The highest BCUT2D eigenvalue weighted by Gasteiger charge is 2.34. The van der Waals surface area contributed by atoms with Crippen LogP contribution in [0.5, 0.6) is 5.75 Å². The Labute approximate surface area is 247 Å². The number of rotatable bonds is 13. The van der Waals surface area contributed by atoms with Gasteiger partial charge in [0, 0.05) is 18.4 Å². The monoisotopic (exact) mass is 587 g/mol. The minimum absolute atomic E-state index is 0. The molecule has 0 aromatic heterocycles. The molecule has 4 amide bonds. The van der Waals surface area contributed by atoms with Crippen molar-refractivity contribution in [1.82, 2.24) is 16.0 Å². The molecule has 5 atom stereocenters. The molecule has 1 aliphatic carbocycles. The van der Waals surface area contributed by atoms with Gasteiger partial charge in [-0.05, 0) is 61.3 Å². The van der Waals surface area contributed by atoms with Crippen LogP contribution in [0.1, 0.15) is 50.7 Å². The van der Waals surface area contributed by atoms with E-state index in [4.69, 9.17) is 11.5 Å². The third kappa shape index (κ3) is 10.7. The first-order chi connectivity index (χ1) is 19.0. The Morgan fingerprint density at radius 1 is 0.878 bits per heavy atom. The van der Waals surface area contributed by atoms with E-state index in [-0.39, 0.29) is 54.3 Å². The van der Waals surface area contributed by atoms with E-state index in [1.165, 1.54) is 0 Å². The lowest BCUT2D eigenvalue weighted by Crippen LogP contribution is -2.54. The van der Waals surface area contributed by atoms with Gasteiger partial charge in [-0.15, -0.1) is 12.4 Å². The number of carbonyl (C=O) groups excluding carboxylic acids is 4. The van der Waals surface area contributed by atoms with Gasteiger partial charge in [-0.25, -0.2) is 0 Å². The van der Waals surface area contributed by atoms with Crippen molar-refractivity contribution >= 4 is 36.0 Å². The van der Waals surface area contributed by atoms with Gasteiger partial charge in [0.2, 0.25) is 23.6 Å². The smallest absolute Gasteiger partial charge is 0.243 e. The van der Waals surface area contributed by atoms with Crippen molar-refractivity contribution in [3.63, 3.8) is 0 Å². The summed E-state index contributed by atoms with van der Waals surface area (Å²) in [5.41, 5.74) is 13.3. The summed E-state index contributed by atoms with van der Waals surface area (Å²) in [4.78, 5) is 51.1. The second-order valence-corrected chi connectivity index (χ2v) is 11.0. The van der Waals surface area contributed by atoms with Crippen LogP contribution in [-0.4, -0.2) is 52.9 Å². The van der Waals surface area contributed by atoms with Crippen LogP contribution in [0.3, 0.4) is 0 Å². The summed E-state index contributed by atoms with van der Waals surface area (Å²) in [5.74, 6) is -1.77. The molecule has 2 aromatic carbocycles. The number of carbonyl (C=O) groups is 4. The number of nitrogens with two attached hydrogens (primary N) is 2. The Morgan fingerprint density at radius 2 is 1.51 bits per heavy atom. The zero-order valence-electron chi connectivity index (χ0n) is 23.5. The molecular formula is C30H42ClN5O5. The molecular weight excluding hydrogens is 546 g/mol. The fourth-order valence-corrected chi connectivity index (χ4v) is 4.98. The topological polar surface area (TPSA) is 177 Å². The molecule has 0 bridgehead atoms. The first-order valence-corrected chi connectivity index (χ1v) is 13.8. The van der Waals surface area contributed by atoms with E-state index in [2.05, 4.69) is 16.0 Å². The number of aromatic hydroxyl groups is 1. The van der Waals surface area contributed by atoms with Crippen molar-refractivity contribution in [2.45, 2.75) is 76.5 Å². The molecule has 0 spiro atoms. The molecule has 1 fully saturated rings. The first-order valence-electron chi connectivity index (χ1n) is 13.8. The maximum Gasteiger partial charge on any atom is 0.243 e. The van der Waals surface area contributed by atoms with E-state index in [0.29, 0.717) is 32.1 Å². The quantitative estimate of drug-likeness (QED) is 0.208. The van der Waals surface area contributed by atoms with Crippen molar-refractivity contribution in [3.05, 3.63) is 65.7 Å².